The van der Waals surface area contributed by atoms with E-state index in [0.717, 1.165) is 20.2 Å². The number of nitrogens with one attached hydrogen (secondary N) is 1. The molecule has 0 heterocycles. The van der Waals surface area contributed by atoms with E-state index in [4.69, 9.17) is 4.74 Å². The van der Waals surface area contributed by atoms with Gasteiger partial charge in [-0.3, -0.25) is 4.79 Å². The van der Waals surface area contributed by atoms with Crippen LogP contribution in [0.2, 0.25) is 0 Å². The zero-order valence-electron chi connectivity index (χ0n) is 13.3. The molecule has 0 radical (unpaired) electrons. The fourth-order valence-electron chi connectivity index (χ4n) is 2.09. The van der Waals surface area contributed by atoms with Crippen LogP contribution in [-0.2, 0) is 4.79 Å². The highest BCUT2D eigenvalue weighted by Gasteiger charge is 2.09. The summed E-state index contributed by atoms with van der Waals surface area (Å²) in [5, 5.41) is 2.86. The van der Waals surface area contributed by atoms with Gasteiger partial charge in [-0.1, -0.05) is 35.8 Å². The summed E-state index contributed by atoms with van der Waals surface area (Å²) in [4.78, 5) is 12.0. The maximum atomic E-state index is 12.0. The number of hydrogen-bond donors (Lipinski definition) is 1. The van der Waals surface area contributed by atoms with Crippen molar-refractivity contribution >= 4 is 43.5 Å². The lowest BCUT2D eigenvalue weighted by Gasteiger charge is -2.12. The second kappa shape index (κ2) is 7.97. The Morgan fingerprint density at radius 1 is 1.17 bits per heavy atom. The summed E-state index contributed by atoms with van der Waals surface area (Å²) in [5.74, 6) is 0.927. The molecule has 1 N–H and O–H groups in total. The van der Waals surface area contributed by atoms with Crippen molar-refractivity contribution in [3.63, 3.8) is 0 Å². The first-order valence-electron chi connectivity index (χ1n) is 7.35. The van der Waals surface area contributed by atoms with Crippen LogP contribution in [0.4, 0.5) is 5.69 Å². The smallest absolute Gasteiger partial charge is 0.262 e. The van der Waals surface area contributed by atoms with E-state index in [9.17, 15) is 4.79 Å². The molecule has 1 amide bonds. The molecule has 0 aromatic heterocycles. The lowest BCUT2D eigenvalue weighted by atomic mass is 10.0. The number of carbonyl (C=O) groups is 1. The fourth-order valence-corrected chi connectivity index (χ4v) is 3.08. The molecule has 0 spiro atoms. The largest absolute Gasteiger partial charge is 0.483 e. The second-order valence-corrected chi connectivity index (χ2v) is 7.41. The van der Waals surface area contributed by atoms with Crippen molar-refractivity contribution in [3.05, 3.63) is 56.5 Å². The van der Waals surface area contributed by atoms with Gasteiger partial charge in [0.1, 0.15) is 5.75 Å². The first-order chi connectivity index (χ1) is 10.9. The predicted molar refractivity (Wildman–Crippen MR) is 101 cm³/mol. The molecule has 0 saturated heterocycles. The SMILES string of the molecule is Cc1cc(Br)ccc1NC(=O)COc1ccc(C(C)C)cc1Br. The van der Waals surface area contributed by atoms with Gasteiger partial charge in [0, 0.05) is 10.2 Å². The monoisotopic (exact) mass is 439 g/mol. The first kappa shape index (κ1) is 18.0. The highest BCUT2D eigenvalue weighted by atomic mass is 79.9. The van der Waals surface area contributed by atoms with Gasteiger partial charge in [0.25, 0.3) is 5.91 Å². The standard InChI is InChI=1S/C18H19Br2NO2/c1-11(2)13-4-7-17(15(20)9-13)23-10-18(22)21-16-6-5-14(19)8-12(16)3/h4-9,11H,10H2,1-3H3,(H,21,22). The Morgan fingerprint density at radius 2 is 1.91 bits per heavy atom. The summed E-state index contributed by atoms with van der Waals surface area (Å²) in [6.45, 7) is 6.18. The van der Waals surface area contributed by atoms with Crippen molar-refractivity contribution in [2.45, 2.75) is 26.7 Å². The highest BCUT2D eigenvalue weighted by molar-refractivity contribution is 9.10. The maximum absolute atomic E-state index is 12.0. The molecule has 0 aliphatic heterocycles. The van der Waals surface area contributed by atoms with Crippen LogP contribution in [0.25, 0.3) is 0 Å². The van der Waals surface area contributed by atoms with Crippen LogP contribution in [0.15, 0.2) is 45.3 Å². The molecule has 0 saturated carbocycles. The first-order valence-corrected chi connectivity index (χ1v) is 8.93. The lowest BCUT2D eigenvalue weighted by molar-refractivity contribution is -0.118. The summed E-state index contributed by atoms with van der Waals surface area (Å²) in [5.41, 5.74) is 3.00. The van der Waals surface area contributed by atoms with Crippen molar-refractivity contribution in [2.75, 3.05) is 11.9 Å². The number of anilines is 1. The predicted octanol–water partition coefficient (Wildman–Crippen LogP) is 5.66. The van der Waals surface area contributed by atoms with Gasteiger partial charge in [-0.2, -0.15) is 0 Å². The van der Waals surface area contributed by atoms with Crippen LogP contribution in [0.1, 0.15) is 30.9 Å². The van der Waals surface area contributed by atoms with E-state index in [-0.39, 0.29) is 12.5 Å². The molecule has 2 rings (SSSR count). The van der Waals surface area contributed by atoms with Gasteiger partial charge in [0.05, 0.1) is 4.47 Å². The molecule has 0 fully saturated rings. The molecule has 23 heavy (non-hydrogen) atoms. The highest BCUT2D eigenvalue weighted by Crippen LogP contribution is 2.29. The number of rotatable bonds is 5. The van der Waals surface area contributed by atoms with Gasteiger partial charge in [0.2, 0.25) is 0 Å². The van der Waals surface area contributed by atoms with E-state index in [1.807, 2.05) is 43.3 Å². The van der Waals surface area contributed by atoms with Crippen molar-refractivity contribution in [3.8, 4) is 5.75 Å². The molecule has 0 atom stereocenters. The van der Waals surface area contributed by atoms with Crippen molar-refractivity contribution in [1.82, 2.24) is 0 Å². The molecule has 0 unspecified atom stereocenters. The summed E-state index contributed by atoms with van der Waals surface area (Å²) >= 11 is 6.90. The maximum Gasteiger partial charge on any atom is 0.262 e. The van der Waals surface area contributed by atoms with Crippen molar-refractivity contribution < 1.29 is 9.53 Å². The minimum atomic E-state index is -0.185. The van der Waals surface area contributed by atoms with Crippen LogP contribution in [0.3, 0.4) is 0 Å². The summed E-state index contributed by atoms with van der Waals surface area (Å²) in [6.07, 6.45) is 0. The number of halogens is 2. The average molecular weight is 441 g/mol. The third kappa shape index (κ3) is 5.08. The van der Waals surface area contributed by atoms with Crippen LogP contribution in [0.5, 0.6) is 5.75 Å². The summed E-state index contributed by atoms with van der Waals surface area (Å²) in [7, 11) is 0. The Hall–Kier alpha value is -1.33. The minimum absolute atomic E-state index is 0.0326. The Bertz CT molecular complexity index is 714. The fraction of sp³-hybridized carbons (Fsp3) is 0.278. The number of carbonyl (C=O) groups excluding carboxylic acids is 1. The van der Waals surface area contributed by atoms with Crippen LogP contribution < -0.4 is 10.1 Å². The Balaban J connectivity index is 1.96. The molecular formula is C18H19Br2NO2. The zero-order valence-corrected chi connectivity index (χ0v) is 16.5. The molecular weight excluding hydrogens is 422 g/mol. The number of aryl methyl sites for hydroxylation is 1. The van der Waals surface area contributed by atoms with Gasteiger partial charge in [-0.15, -0.1) is 0 Å². The molecule has 122 valence electrons. The Kier molecular flexibility index (Phi) is 6.25. The normalized spacial score (nSPS) is 10.7. The summed E-state index contributed by atoms with van der Waals surface area (Å²) in [6, 6.07) is 11.6. The van der Waals surface area contributed by atoms with Gasteiger partial charge in [0.15, 0.2) is 6.61 Å². The van der Waals surface area contributed by atoms with E-state index in [1.165, 1.54) is 5.56 Å². The van der Waals surface area contributed by atoms with E-state index in [0.29, 0.717) is 11.7 Å². The number of hydrogen-bond acceptors (Lipinski definition) is 2. The quantitative estimate of drug-likeness (QED) is 0.651. The van der Waals surface area contributed by atoms with E-state index in [1.54, 1.807) is 0 Å². The summed E-state index contributed by atoms with van der Waals surface area (Å²) < 4.78 is 7.44. The molecule has 0 bridgehead atoms. The van der Waals surface area contributed by atoms with Crippen LogP contribution in [0, 0.1) is 6.92 Å². The second-order valence-electron chi connectivity index (χ2n) is 5.64. The van der Waals surface area contributed by atoms with Gasteiger partial charge >= 0.3 is 0 Å². The molecule has 5 heteroatoms. The van der Waals surface area contributed by atoms with Crippen molar-refractivity contribution in [2.24, 2.45) is 0 Å². The molecule has 2 aromatic rings. The van der Waals surface area contributed by atoms with Crippen molar-refractivity contribution in [1.29, 1.82) is 0 Å². The molecule has 0 aliphatic carbocycles. The van der Waals surface area contributed by atoms with Crippen LogP contribution in [-0.4, -0.2) is 12.5 Å². The van der Waals surface area contributed by atoms with E-state index >= 15 is 0 Å². The topological polar surface area (TPSA) is 38.3 Å². The average Bonchev–Trinajstić information content (AvgIpc) is 2.48. The molecule has 3 nitrogen and oxygen atoms in total. The Labute approximate surface area is 153 Å². The van der Waals surface area contributed by atoms with Crippen LogP contribution >= 0.6 is 31.9 Å². The third-order valence-electron chi connectivity index (χ3n) is 3.44. The van der Waals surface area contributed by atoms with E-state index in [2.05, 4.69) is 51.0 Å². The third-order valence-corrected chi connectivity index (χ3v) is 4.56. The Morgan fingerprint density at radius 3 is 2.52 bits per heavy atom. The molecule has 0 aliphatic rings. The zero-order chi connectivity index (χ0) is 17.0. The minimum Gasteiger partial charge on any atom is -0.483 e. The van der Waals surface area contributed by atoms with Gasteiger partial charge < -0.3 is 10.1 Å². The van der Waals surface area contributed by atoms with Gasteiger partial charge in [-0.25, -0.2) is 0 Å². The number of amides is 1. The van der Waals surface area contributed by atoms with E-state index < -0.39 is 0 Å². The lowest BCUT2D eigenvalue weighted by Crippen LogP contribution is -2.20. The molecule has 2 aromatic carbocycles. The number of benzene rings is 2. The van der Waals surface area contributed by atoms with Gasteiger partial charge in [-0.05, 0) is 70.2 Å². The number of ether oxygens (including phenoxy) is 1.